The molecule has 0 rings (SSSR count). The summed E-state index contributed by atoms with van der Waals surface area (Å²) in [5, 5.41) is 8.80. The minimum Gasteiger partial charge on any atom is -0.480 e. The Morgan fingerprint density at radius 3 is 2.08 bits per heavy atom. The quantitative estimate of drug-likeness (QED) is 0.611. The molecule has 0 aliphatic carbocycles. The molecule has 0 saturated heterocycles. The Morgan fingerprint density at radius 2 is 2.00 bits per heavy atom. The van der Waals surface area contributed by atoms with Gasteiger partial charge in [-0.3, -0.25) is 9.59 Å². The van der Waals surface area contributed by atoms with Crippen LogP contribution in [0.2, 0.25) is 0 Å². The number of carbonyl (C=O) groups excluding carboxylic acids is 1. The molecule has 0 bridgehead atoms. The first-order valence-corrected chi connectivity index (χ1v) is 3.90. The van der Waals surface area contributed by atoms with Crippen molar-refractivity contribution in [2.24, 2.45) is 17.1 Å². The summed E-state index contributed by atoms with van der Waals surface area (Å²) < 4.78 is 0. The van der Waals surface area contributed by atoms with Crippen LogP contribution < -0.4 is 5.73 Å². The third kappa shape index (κ3) is 1.57. The largest absolute Gasteiger partial charge is 0.480 e. The second-order valence-electron chi connectivity index (χ2n) is 3.18. The number of nitrogens with two attached hydrogens (primary N) is 1. The van der Waals surface area contributed by atoms with Gasteiger partial charge in [0.05, 0.1) is 0 Å². The van der Waals surface area contributed by atoms with Gasteiger partial charge in [-0.25, -0.2) is 0 Å². The summed E-state index contributed by atoms with van der Waals surface area (Å²) in [5.41, 5.74) is 3.59. The van der Waals surface area contributed by atoms with Crippen molar-refractivity contribution in [2.45, 2.75) is 27.2 Å². The molecule has 70 valence electrons. The number of carboxylic acid groups (broad SMARTS) is 1. The van der Waals surface area contributed by atoms with Gasteiger partial charge < -0.3 is 10.8 Å². The van der Waals surface area contributed by atoms with Gasteiger partial charge in [0.25, 0.3) is 0 Å². The molecule has 2 unspecified atom stereocenters. The minimum atomic E-state index is -1.44. The molecule has 4 heteroatoms. The normalized spacial score (nSPS) is 17.9. The molecule has 0 radical (unpaired) electrons. The molecule has 12 heavy (non-hydrogen) atoms. The van der Waals surface area contributed by atoms with Crippen LogP contribution in [0.4, 0.5) is 0 Å². The molecule has 2 atom stereocenters. The van der Waals surface area contributed by atoms with Crippen molar-refractivity contribution in [3.8, 4) is 0 Å². The fraction of sp³-hybridized carbons (Fsp3) is 0.750. The molecule has 0 heterocycles. The fourth-order valence-corrected chi connectivity index (χ4v) is 0.967. The van der Waals surface area contributed by atoms with Gasteiger partial charge in [-0.15, -0.1) is 0 Å². The summed E-state index contributed by atoms with van der Waals surface area (Å²) in [6.07, 6.45) is 0.617. The summed E-state index contributed by atoms with van der Waals surface area (Å²) in [5.74, 6) is -2.17. The SMILES string of the molecule is CCC(C)C(C)(C(N)=O)C(=O)O. The van der Waals surface area contributed by atoms with Crippen LogP contribution in [0.5, 0.6) is 0 Å². The molecule has 0 aliphatic heterocycles. The average molecular weight is 173 g/mol. The summed E-state index contributed by atoms with van der Waals surface area (Å²) in [4.78, 5) is 21.7. The Morgan fingerprint density at radius 1 is 1.58 bits per heavy atom. The van der Waals surface area contributed by atoms with Gasteiger partial charge in [0.15, 0.2) is 0 Å². The van der Waals surface area contributed by atoms with E-state index in [-0.39, 0.29) is 5.92 Å². The number of carbonyl (C=O) groups is 2. The van der Waals surface area contributed by atoms with Gasteiger partial charge >= 0.3 is 5.97 Å². The maximum Gasteiger partial charge on any atom is 0.319 e. The lowest BCUT2D eigenvalue weighted by molar-refractivity contribution is -0.157. The van der Waals surface area contributed by atoms with Crippen molar-refractivity contribution in [1.82, 2.24) is 0 Å². The lowest BCUT2D eigenvalue weighted by Crippen LogP contribution is -2.46. The van der Waals surface area contributed by atoms with E-state index in [1.165, 1.54) is 6.92 Å². The van der Waals surface area contributed by atoms with Gasteiger partial charge in [-0.1, -0.05) is 20.3 Å². The van der Waals surface area contributed by atoms with Crippen molar-refractivity contribution in [3.63, 3.8) is 0 Å². The number of rotatable bonds is 4. The summed E-state index contributed by atoms with van der Waals surface area (Å²) in [7, 11) is 0. The van der Waals surface area contributed by atoms with Crippen LogP contribution in [0.3, 0.4) is 0 Å². The third-order valence-corrected chi connectivity index (χ3v) is 2.55. The maximum atomic E-state index is 10.9. The maximum absolute atomic E-state index is 10.9. The number of amides is 1. The highest BCUT2D eigenvalue weighted by Gasteiger charge is 2.43. The summed E-state index contributed by atoms with van der Waals surface area (Å²) in [6.45, 7) is 4.90. The highest BCUT2D eigenvalue weighted by molar-refractivity contribution is 6.00. The molecule has 0 spiro atoms. The lowest BCUT2D eigenvalue weighted by atomic mass is 9.76. The molecule has 0 aliphatic rings. The molecular formula is C8H15NO3. The Bertz CT molecular complexity index is 186. The van der Waals surface area contributed by atoms with E-state index in [4.69, 9.17) is 10.8 Å². The van der Waals surface area contributed by atoms with E-state index in [0.717, 1.165) is 0 Å². The fourth-order valence-electron chi connectivity index (χ4n) is 0.967. The molecule has 3 N–H and O–H groups in total. The van der Waals surface area contributed by atoms with Crippen LogP contribution >= 0.6 is 0 Å². The van der Waals surface area contributed by atoms with Gasteiger partial charge in [0, 0.05) is 0 Å². The van der Waals surface area contributed by atoms with E-state index >= 15 is 0 Å². The molecule has 0 saturated carbocycles. The average Bonchev–Trinajstić information content (AvgIpc) is 2.00. The monoisotopic (exact) mass is 173 g/mol. The van der Waals surface area contributed by atoms with Gasteiger partial charge in [0.2, 0.25) is 5.91 Å². The first kappa shape index (κ1) is 10.9. The van der Waals surface area contributed by atoms with Crippen LogP contribution in [-0.2, 0) is 9.59 Å². The van der Waals surface area contributed by atoms with Gasteiger partial charge in [0.1, 0.15) is 5.41 Å². The van der Waals surface area contributed by atoms with E-state index < -0.39 is 17.3 Å². The Kier molecular flexibility index (Phi) is 3.24. The van der Waals surface area contributed by atoms with Crippen LogP contribution in [0, 0.1) is 11.3 Å². The topological polar surface area (TPSA) is 80.4 Å². The molecular weight excluding hydrogens is 158 g/mol. The molecule has 0 fully saturated rings. The number of aliphatic carboxylic acids is 1. The second kappa shape index (κ2) is 3.56. The Labute approximate surface area is 71.8 Å². The van der Waals surface area contributed by atoms with E-state index in [1.54, 1.807) is 6.92 Å². The van der Waals surface area contributed by atoms with Crippen molar-refractivity contribution in [3.05, 3.63) is 0 Å². The van der Waals surface area contributed by atoms with Crippen molar-refractivity contribution < 1.29 is 14.7 Å². The highest BCUT2D eigenvalue weighted by atomic mass is 16.4. The Balaban J connectivity index is 4.87. The highest BCUT2D eigenvalue weighted by Crippen LogP contribution is 2.29. The van der Waals surface area contributed by atoms with E-state index in [9.17, 15) is 9.59 Å². The number of hydrogen-bond donors (Lipinski definition) is 2. The molecule has 1 amide bonds. The predicted molar refractivity (Wildman–Crippen MR) is 44.4 cm³/mol. The zero-order chi connectivity index (χ0) is 9.94. The standard InChI is InChI=1S/C8H15NO3/c1-4-5(2)8(3,6(9)10)7(11)12/h5H,4H2,1-3H3,(H2,9,10)(H,11,12). The Hall–Kier alpha value is -1.06. The van der Waals surface area contributed by atoms with Crippen LogP contribution in [-0.4, -0.2) is 17.0 Å². The smallest absolute Gasteiger partial charge is 0.319 e. The van der Waals surface area contributed by atoms with Crippen molar-refractivity contribution in [1.29, 1.82) is 0 Å². The minimum absolute atomic E-state index is 0.243. The van der Waals surface area contributed by atoms with Crippen LogP contribution in [0.15, 0.2) is 0 Å². The van der Waals surface area contributed by atoms with E-state index in [2.05, 4.69) is 0 Å². The summed E-state index contributed by atoms with van der Waals surface area (Å²) in [6, 6.07) is 0. The molecule has 0 aromatic carbocycles. The third-order valence-electron chi connectivity index (χ3n) is 2.55. The zero-order valence-electron chi connectivity index (χ0n) is 7.63. The van der Waals surface area contributed by atoms with Gasteiger partial charge in [-0.2, -0.15) is 0 Å². The van der Waals surface area contributed by atoms with E-state index in [0.29, 0.717) is 6.42 Å². The molecule has 0 aromatic heterocycles. The molecule has 0 aromatic rings. The second-order valence-corrected chi connectivity index (χ2v) is 3.18. The van der Waals surface area contributed by atoms with Crippen LogP contribution in [0.1, 0.15) is 27.2 Å². The molecule has 4 nitrogen and oxygen atoms in total. The number of carboxylic acids is 1. The van der Waals surface area contributed by atoms with E-state index in [1.807, 2.05) is 6.92 Å². The zero-order valence-corrected chi connectivity index (χ0v) is 7.63. The van der Waals surface area contributed by atoms with Crippen molar-refractivity contribution in [2.75, 3.05) is 0 Å². The summed E-state index contributed by atoms with van der Waals surface area (Å²) >= 11 is 0. The van der Waals surface area contributed by atoms with Crippen molar-refractivity contribution >= 4 is 11.9 Å². The number of hydrogen-bond acceptors (Lipinski definition) is 2. The predicted octanol–water partition coefficient (Wildman–Crippen LogP) is 0.609. The van der Waals surface area contributed by atoms with Crippen LogP contribution in [0.25, 0.3) is 0 Å². The number of primary amides is 1. The lowest BCUT2D eigenvalue weighted by Gasteiger charge is -2.26. The first-order chi connectivity index (χ1) is 5.37. The first-order valence-electron chi connectivity index (χ1n) is 3.90. The van der Waals surface area contributed by atoms with Gasteiger partial charge in [-0.05, 0) is 12.8 Å².